The fourth-order valence-corrected chi connectivity index (χ4v) is 3.63. The van der Waals surface area contributed by atoms with Crippen LogP contribution in [0.25, 0.3) is 0 Å². The van der Waals surface area contributed by atoms with Gasteiger partial charge in [-0.15, -0.1) is 0 Å². The van der Waals surface area contributed by atoms with Crippen molar-refractivity contribution in [3.05, 3.63) is 0 Å². The van der Waals surface area contributed by atoms with Crippen molar-refractivity contribution in [1.82, 2.24) is 9.80 Å². The second-order valence-corrected chi connectivity index (χ2v) is 9.08. The molecule has 1 rings (SSSR count). The van der Waals surface area contributed by atoms with Gasteiger partial charge in [0.1, 0.15) is 5.60 Å². The van der Waals surface area contributed by atoms with Gasteiger partial charge < -0.3 is 14.5 Å². The molecule has 0 aromatic rings. The number of hydrogen-bond acceptors (Lipinski definition) is 4. The number of carbonyl (C=O) groups is 1. The van der Waals surface area contributed by atoms with E-state index in [1.54, 1.807) is 0 Å². The molecule has 1 unspecified atom stereocenters. The van der Waals surface area contributed by atoms with Gasteiger partial charge in [0.2, 0.25) is 0 Å². The van der Waals surface area contributed by atoms with Crippen LogP contribution in [0.15, 0.2) is 0 Å². The Labute approximate surface area is 147 Å². The van der Waals surface area contributed by atoms with Crippen molar-refractivity contribution in [3.8, 4) is 0 Å². The van der Waals surface area contributed by atoms with E-state index in [9.17, 15) is 4.79 Å². The average Bonchev–Trinajstić information content (AvgIpc) is 2.46. The summed E-state index contributed by atoms with van der Waals surface area (Å²) in [7, 11) is 2.24. The summed E-state index contributed by atoms with van der Waals surface area (Å²) in [5, 5.41) is 0. The molecule has 1 heterocycles. The highest BCUT2D eigenvalue weighted by molar-refractivity contribution is 7.99. The van der Waals surface area contributed by atoms with Crippen LogP contribution in [0, 0.1) is 5.92 Å². The molecule has 0 N–H and O–H groups in total. The van der Waals surface area contributed by atoms with Gasteiger partial charge in [0.05, 0.1) is 0 Å². The zero-order valence-corrected chi connectivity index (χ0v) is 16.7. The first-order chi connectivity index (χ1) is 10.7. The number of carbonyl (C=O) groups excluding carboxylic acids is 1. The number of hydrogen-bond donors (Lipinski definition) is 0. The van der Waals surface area contributed by atoms with Crippen molar-refractivity contribution >= 4 is 17.9 Å². The SMILES string of the molecule is CCSCCC(C)N(C)CC1CCN(C(=O)OC(C)(C)C)CC1. The molecule has 0 spiro atoms. The standard InChI is InChI=1S/C18H36N2O2S/c1-7-23-13-10-15(2)19(6)14-16-8-11-20(12-9-16)17(21)22-18(3,4)5/h15-16H,7-14H2,1-6H3. The molecule has 0 radical (unpaired) electrons. The Kier molecular flexibility index (Phi) is 8.76. The van der Waals surface area contributed by atoms with Gasteiger partial charge in [-0.1, -0.05) is 6.92 Å². The van der Waals surface area contributed by atoms with Crippen LogP contribution in [-0.2, 0) is 4.74 Å². The Bertz CT molecular complexity index is 349. The van der Waals surface area contributed by atoms with E-state index in [-0.39, 0.29) is 6.09 Å². The van der Waals surface area contributed by atoms with Crippen LogP contribution in [0.1, 0.15) is 53.9 Å². The van der Waals surface area contributed by atoms with Crippen LogP contribution in [0.2, 0.25) is 0 Å². The number of thioether (sulfide) groups is 1. The molecule has 1 aliphatic rings. The lowest BCUT2D eigenvalue weighted by atomic mass is 9.96. The van der Waals surface area contributed by atoms with Gasteiger partial charge in [-0.2, -0.15) is 11.8 Å². The van der Waals surface area contributed by atoms with Gasteiger partial charge >= 0.3 is 6.09 Å². The van der Waals surface area contributed by atoms with Gasteiger partial charge in [-0.05, 0) is 71.4 Å². The molecule has 4 nitrogen and oxygen atoms in total. The number of ether oxygens (including phenoxy) is 1. The second kappa shape index (κ2) is 9.77. The van der Waals surface area contributed by atoms with Crippen molar-refractivity contribution in [3.63, 3.8) is 0 Å². The van der Waals surface area contributed by atoms with Crippen LogP contribution in [0.4, 0.5) is 4.79 Å². The highest BCUT2D eigenvalue weighted by atomic mass is 32.2. The molecule has 1 saturated heterocycles. The Hall–Kier alpha value is -0.420. The highest BCUT2D eigenvalue weighted by Gasteiger charge is 2.27. The lowest BCUT2D eigenvalue weighted by molar-refractivity contribution is 0.0168. The van der Waals surface area contributed by atoms with E-state index in [0.717, 1.165) is 32.5 Å². The summed E-state index contributed by atoms with van der Waals surface area (Å²) in [5.74, 6) is 3.15. The maximum absolute atomic E-state index is 12.1. The van der Waals surface area contributed by atoms with Gasteiger partial charge in [0.25, 0.3) is 0 Å². The fourth-order valence-electron chi connectivity index (χ4n) is 2.83. The number of rotatable bonds is 7. The van der Waals surface area contributed by atoms with E-state index in [4.69, 9.17) is 4.74 Å². The van der Waals surface area contributed by atoms with Gasteiger partial charge in [0.15, 0.2) is 0 Å². The molecule has 136 valence electrons. The minimum absolute atomic E-state index is 0.158. The second-order valence-electron chi connectivity index (χ2n) is 7.68. The summed E-state index contributed by atoms with van der Waals surface area (Å²) < 4.78 is 5.46. The average molecular weight is 345 g/mol. The van der Waals surface area contributed by atoms with Gasteiger partial charge in [-0.25, -0.2) is 4.79 Å². The quantitative estimate of drug-likeness (QED) is 0.651. The predicted molar refractivity (Wildman–Crippen MR) is 100 cm³/mol. The highest BCUT2D eigenvalue weighted by Crippen LogP contribution is 2.21. The molecule has 0 aromatic carbocycles. The molecular formula is C18H36N2O2S. The number of nitrogens with zero attached hydrogens (tertiary/aromatic N) is 2. The molecular weight excluding hydrogens is 308 g/mol. The summed E-state index contributed by atoms with van der Waals surface area (Å²) in [5.41, 5.74) is -0.403. The summed E-state index contributed by atoms with van der Waals surface area (Å²) >= 11 is 2.02. The minimum Gasteiger partial charge on any atom is -0.444 e. The van der Waals surface area contributed by atoms with E-state index >= 15 is 0 Å². The molecule has 23 heavy (non-hydrogen) atoms. The predicted octanol–water partition coefficient (Wildman–Crippen LogP) is 4.10. The van der Waals surface area contributed by atoms with Crippen molar-refractivity contribution in [1.29, 1.82) is 0 Å². The largest absolute Gasteiger partial charge is 0.444 e. The van der Waals surface area contributed by atoms with Crippen molar-refractivity contribution in [2.24, 2.45) is 5.92 Å². The number of amides is 1. The van der Waals surface area contributed by atoms with Crippen LogP contribution in [0.3, 0.4) is 0 Å². The zero-order chi connectivity index (χ0) is 17.5. The van der Waals surface area contributed by atoms with Gasteiger partial charge in [0, 0.05) is 25.7 Å². The molecule has 0 aliphatic carbocycles. The molecule has 5 heteroatoms. The van der Waals surface area contributed by atoms with E-state index in [2.05, 4.69) is 25.8 Å². The molecule has 1 amide bonds. The summed E-state index contributed by atoms with van der Waals surface area (Å²) in [6.07, 6.45) is 3.26. The first kappa shape index (κ1) is 20.6. The molecule has 0 bridgehead atoms. The first-order valence-electron chi connectivity index (χ1n) is 8.98. The molecule has 0 saturated carbocycles. The topological polar surface area (TPSA) is 32.8 Å². The van der Waals surface area contributed by atoms with Crippen LogP contribution in [-0.4, -0.2) is 65.7 Å². The maximum Gasteiger partial charge on any atom is 0.410 e. The number of likely N-dealkylation sites (tertiary alicyclic amines) is 1. The van der Waals surface area contributed by atoms with E-state index < -0.39 is 5.60 Å². The lowest BCUT2D eigenvalue weighted by Gasteiger charge is -2.36. The number of piperidine rings is 1. The Morgan fingerprint density at radius 1 is 1.35 bits per heavy atom. The fraction of sp³-hybridized carbons (Fsp3) is 0.944. The molecule has 1 atom stereocenters. The molecule has 1 aliphatic heterocycles. The third-order valence-electron chi connectivity index (χ3n) is 4.45. The van der Waals surface area contributed by atoms with Crippen molar-refractivity contribution < 1.29 is 9.53 Å². The minimum atomic E-state index is -0.403. The molecule has 1 fully saturated rings. The zero-order valence-electron chi connectivity index (χ0n) is 15.9. The third-order valence-corrected chi connectivity index (χ3v) is 5.38. The van der Waals surface area contributed by atoms with Gasteiger partial charge in [-0.3, -0.25) is 0 Å². The van der Waals surface area contributed by atoms with Crippen LogP contribution < -0.4 is 0 Å². The first-order valence-corrected chi connectivity index (χ1v) is 10.1. The lowest BCUT2D eigenvalue weighted by Crippen LogP contribution is -2.44. The van der Waals surface area contributed by atoms with Crippen molar-refractivity contribution in [2.45, 2.75) is 65.5 Å². The van der Waals surface area contributed by atoms with Crippen molar-refractivity contribution in [2.75, 3.05) is 38.2 Å². The smallest absolute Gasteiger partial charge is 0.410 e. The summed E-state index contributed by atoms with van der Waals surface area (Å²) in [4.78, 5) is 16.4. The Morgan fingerprint density at radius 2 is 1.96 bits per heavy atom. The van der Waals surface area contributed by atoms with E-state index in [0.29, 0.717) is 12.0 Å². The third kappa shape index (κ3) is 8.30. The summed E-state index contributed by atoms with van der Waals surface area (Å²) in [6, 6.07) is 0.637. The van der Waals surface area contributed by atoms with E-state index in [1.807, 2.05) is 37.4 Å². The Morgan fingerprint density at radius 3 is 2.48 bits per heavy atom. The normalized spacial score (nSPS) is 18.3. The monoisotopic (exact) mass is 344 g/mol. The molecule has 0 aromatic heterocycles. The van der Waals surface area contributed by atoms with Crippen LogP contribution in [0.5, 0.6) is 0 Å². The maximum atomic E-state index is 12.1. The Balaban J connectivity index is 2.29. The summed E-state index contributed by atoms with van der Waals surface area (Å²) in [6.45, 7) is 13.1. The van der Waals surface area contributed by atoms with Crippen LogP contribution >= 0.6 is 11.8 Å². The van der Waals surface area contributed by atoms with E-state index in [1.165, 1.54) is 17.9 Å².